The highest BCUT2D eigenvalue weighted by Crippen LogP contribution is 2.31. The number of nitrogens with two attached hydrogens (primary N) is 1. The van der Waals surface area contributed by atoms with Crippen molar-refractivity contribution < 1.29 is 19.5 Å². The van der Waals surface area contributed by atoms with Crippen LogP contribution in [0.5, 0.6) is 0 Å². The van der Waals surface area contributed by atoms with E-state index in [1.165, 1.54) is 23.4 Å². The van der Waals surface area contributed by atoms with Gasteiger partial charge in [-0.1, -0.05) is 30.3 Å². The second-order valence-electron chi connectivity index (χ2n) is 6.38. The number of hydrogen-bond acceptors (Lipinski definition) is 5. The van der Waals surface area contributed by atoms with E-state index in [4.69, 9.17) is 5.73 Å². The molecule has 1 aliphatic heterocycles. The van der Waals surface area contributed by atoms with Gasteiger partial charge in [-0.05, 0) is 24.5 Å². The van der Waals surface area contributed by atoms with E-state index in [0.717, 1.165) is 5.56 Å². The van der Waals surface area contributed by atoms with Crippen LogP contribution in [0.25, 0.3) is 0 Å². The first-order valence-corrected chi connectivity index (χ1v) is 8.55. The lowest BCUT2D eigenvalue weighted by atomic mass is 9.93. The molecule has 1 saturated heterocycles. The number of carbonyl (C=O) groups is 3. The molecule has 0 bridgehead atoms. The highest BCUT2D eigenvalue weighted by atomic mass is 16.3. The minimum absolute atomic E-state index is 0.128. The van der Waals surface area contributed by atoms with Crippen LogP contribution in [0.15, 0.2) is 48.8 Å². The third-order valence-corrected chi connectivity index (χ3v) is 4.49. The number of nitrogens with one attached hydrogen (secondary N) is 1. The van der Waals surface area contributed by atoms with E-state index in [1.54, 1.807) is 0 Å². The SMILES string of the molecule is NC(=O)c1cncc(NC(=O)C(=O)N2CC[C@H](O)C[C@@H]2c2ccccc2)c1. The van der Waals surface area contributed by atoms with Gasteiger partial charge in [0.15, 0.2) is 0 Å². The van der Waals surface area contributed by atoms with Crippen LogP contribution in [0.2, 0.25) is 0 Å². The van der Waals surface area contributed by atoms with Gasteiger partial charge in [0, 0.05) is 12.7 Å². The lowest BCUT2D eigenvalue weighted by Crippen LogP contribution is -2.47. The Balaban J connectivity index is 1.77. The van der Waals surface area contributed by atoms with Gasteiger partial charge in [0.1, 0.15) is 0 Å². The van der Waals surface area contributed by atoms with Crippen molar-refractivity contribution in [3.8, 4) is 0 Å². The van der Waals surface area contributed by atoms with E-state index in [0.29, 0.717) is 12.8 Å². The van der Waals surface area contributed by atoms with Gasteiger partial charge in [-0.3, -0.25) is 19.4 Å². The number of amides is 3. The Morgan fingerprint density at radius 3 is 2.63 bits per heavy atom. The second-order valence-corrected chi connectivity index (χ2v) is 6.38. The fourth-order valence-corrected chi connectivity index (χ4v) is 3.14. The summed E-state index contributed by atoms with van der Waals surface area (Å²) in [5, 5.41) is 12.5. The van der Waals surface area contributed by atoms with E-state index in [9.17, 15) is 19.5 Å². The number of aromatic nitrogens is 1. The average Bonchev–Trinajstić information content (AvgIpc) is 2.68. The maximum absolute atomic E-state index is 12.7. The first-order chi connectivity index (χ1) is 13.0. The van der Waals surface area contributed by atoms with E-state index in [1.807, 2.05) is 30.3 Å². The van der Waals surface area contributed by atoms with Gasteiger partial charge >= 0.3 is 11.8 Å². The van der Waals surface area contributed by atoms with Crippen molar-refractivity contribution in [2.45, 2.75) is 25.0 Å². The Morgan fingerprint density at radius 1 is 1.19 bits per heavy atom. The van der Waals surface area contributed by atoms with Gasteiger partial charge in [0.2, 0.25) is 5.91 Å². The number of piperidine rings is 1. The molecule has 3 amide bonds. The van der Waals surface area contributed by atoms with Gasteiger partial charge in [0.25, 0.3) is 0 Å². The summed E-state index contributed by atoms with van der Waals surface area (Å²) in [5.41, 5.74) is 6.39. The third-order valence-electron chi connectivity index (χ3n) is 4.49. The minimum Gasteiger partial charge on any atom is -0.393 e. The largest absolute Gasteiger partial charge is 0.393 e. The van der Waals surface area contributed by atoms with Crippen molar-refractivity contribution in [1.82, 2.24) is 9.88 Å². The standard InChI is InChI=1S/C19H20N4O4/c20-17(25)13-8-14(11-21-10-13)22-18(26)19(27)23-7-6-15(24)9-16(23)12-4-2-1-3-5-12/h1-5,8,10-11,15-16,24H,6-7,9H2,(H2,20,25)(H,22,26)/t15-,16+/m0/s1. The molecule has 140 valence electrons. The molecular weight excluding hydrogens is 348 g/mol. The molecule has 1 fully saturated rings. The van der Waals surface area contributed by atoms with Crippen molar-refractivity contribution in [3.63, 3.8) is 0 Å². The Labute approximate surface area is 156 Å². The quantitative estimate of drug-likeness (QED) is 0.692. The zero-order valence-corrected chi connectivity index (χ0v) is 14.5. The van der Waals surface area contributed by atoms with Crippen molar-refractivity contribution in [2.24, 2.45) is 5.73 Å². The Kier molecular flexibility index (Phi) is 5.46. The van der Waals surface area contributed by atoms with Gasteiger partial charge in [-0.2, -0.15) is 0 Å². The Morgan fingerprint density at radius 2 is 1.93 bits per heavy atom. The van der Waals surface area contributed by atoms with Crippen molar-refractivity contribution in [3.05, 3.63) is 59.9 Å². The molecule has 2 aromatic rings. The number of benzene rings is 1. The molecule has 0 aliphatic carbocycles. The zero-order valence-electron chi connectivity index (χ0n) is 14.5. The van der Waals surface area contributed by atoms with Crippen LogP contribution in [0.1, 0.15) is 34.8 Å². The first-order valence-electron chi connectivity index (χ1n) is 8.55. The zero-order chi connectivity index (χ0) is 19.4. The molecule has 0 unspecified atom stereocenters. The summed E-state index contributed by atoms with van der Waals surface area (Å²) in [4.78, 5) is 41.7. The molecule has 0 radical (unpaired) electrons. The summed E-state index contributed by atoms with van der Waals surface area (Å²) < 4.78 is 0. The number of likely N-dealkylation sites (tertiary alicyclic amines) is 1. The number of primary amides is 1. The van der Waals surface area contributed by atoms with Gasteiger partial charge < -0.3 is 21.1 Å². The molecule has 0 saturated carbocycles. The lowest BCUT2D eigenvalue weighted by Gasteiger charge is -2.37. The Bertz CT molecular complexity index is 856. The minimum atomic E-state index is -0.837. The topological polar surface area (TPSA) is 126 Å². The number of rotatable bonds is 3. The number of pyridine rings is 1. The lowest BCUT2D eigenvalue weighted by molar-refractivity contribution is -0.147. The first kappa shape index (κ1) is 18.5. The van der Waals surface area contributed by atoms with Crippen LogP contribution in [-0.4, -0.2) is 45.4 Å². The summed E-state index contributed by atoms with van der Waals surface area (Å²) in [6.45, 7) is 0.270. The molecule has 1 aromatic carbocycles. The fourth-order valence-electron chi connectivity index (χ4n) is 3.14. The summed E-state index contributed by atoms with van der Waals surface area (Å²) in [6.07, 6.45) is 2.84. The molecule has 4 N–H and O–H groups in total. The Hall–Kier alpha value is -3.26. The molecular formula is C19H20N4O4. The summed E-state index contributed by atoms with van der Waals surface area (Å²) in [7, 11) is 0. The summed E-state index contributed by atoms with van der Waals surface area (Å²) in [6, 6.07) is 10.3. The van der Waals surface area contributed by atoms with E-state index in [-0.39, 0.29) is 23.8 Å². The smallest absolute Gasteiger partial charge is 0.313 e. The van der Waals surface area contributed by atoms with Crippen LogP contribution < -0.4 is 11.1 Å². The molecule has 0 spiro atoms. The van der Waals surface area contributed by atoms with Crippen molar-refractivity contribution in [1.29, 1.82) is 0 Å². The highest BCUT2D eigenvalue weighted by Gasteiger charge is 2.34. The van der Waals surface area contributed by atoms with Crippen LogP contribution in [0.3, 0.4) is 0 Å². The number of carbonyl (C=O) groups excluding carboxylic acids is 3. The fraction of sp³-hybridized carbons (Fsp3) is 0.263. The maximum atomic E-state index is 12.7. The number of anilines is 1. The maximum Gasteiger partial charge on any atom is 0.313 e. The number of hydrogen-bond donors (Lipinski definition) is 3. The molecule has 27 heavy (non-hydrogen) atoms. The molecule has 1 aliphatic rings. The second kappa shape index (κ2) is 7.96. The van der Waals surface area contributed by atoms with Gasteiger partial charge in [-0.25, -0.2) is 0 Å². The predicted octanol–water partition coefficient (Wildman–Crippen LogP) is 0.844. The molecule has 1 aromatic heterocycles. The molecule has 8 heteroatoms. The van der Waals surface area contributed by atoms with Crippen LogP contribution in [0.4, 0.5) is 5.69 Å². The number of nitrogens with zero attached hydrogens (tertiary/aromatic N) is 2. The molecule has 8 nitrogen and oxygen atoms in total. The van der Waals surface area contributed by atoms with Crippen LogP contribution >= 0.6 is 0 Å². The molecule has 2 atom stereocenters. The average molecular weight is 368 g/mol. The third kappa shape index (κ3) is 4.29. The summed E-state index contributed by atoms with van der Waals surface area (Å²) >= 11 is 0. The van der Waals surface area contributed by atoms with Gasteiger partial charge in [-0.15, -0.1) is 0 Å². The molecule has 2 heterocycles. The normalized spacial score (nSPS) is 19.4. The van der Waals surface area contributed by atoms with Gasteiger partial charge in [0.05, 0.1) is 29.6 Å². The predicted molar refractivity (Wildman–Crippen MR) is 97.5 cm³/mol. The van der Waals surface area contributed by atoms with Crippen molar-refractivity contribution >= 4 is 23.4 Å². The summed E-state index contributed by atoms with van der Waals surface area (Å²) in [5.74, 6) is -2.23. The van der Waals surface area contributed by atoms with Crippen LogP contribution in [-0.2, 0) is 9.59 Å². The van der Waals surface area contributed by atoms with Crippen molar-refractivity contribution in [2.75, 3.05) is 11.9 Å². The monoisotopic (exact) mass is 368 g/mol. The highest BCUT2D eigenvalue weighted by molar-refractivity contribution is 6.39. The van der Waals surface area contributed by atoms with E-state index in [2.05, 4.69) is 10.3 Å². The molecule has 3 rings (SSSR count). The van der Waals surface area contributed by atoms with E-state index >= 15 is 0 Å². The van der Waals surface area contributed by atoms with Crippen LogP contribution in [0, 0.1) is 0 Å². The van der Waals surface area contributed by atoms with E-state index < -0.39 is 23.8 Å². The number of aliphatic hydroxyl groups is 1. The number of aliphatic hydroxyl groups excluding tert-OH is 1.